The van der Waals surface area contributed by atoms with Crippen LogP contribution in [0.25, 0.3) is 22.1 Å². The molecule has 3 aromatic rings. The van der Waals surface area contributed by atoms with Crippen LogP contribution in [0.5, 0.6) is 5.75 Å². The number of carbonyl (C=O) groups is 1. The standard InChI is InChI=1S/C22H30N6O3.2ClH/c1-15(2)14-27-7-9-28(10-8-27)22(30)23-6-3-11-31-17-4-5-18-16(12-17)13-19-20(24-18)26-21(29)25-19;;/h4-5,12-13,15H,3,6-11,14H2,1-2H3,(H,23,30)(H2,24,25,26,29);2*1H. The summed E-state index contributed by atoms with van der Waals surface area (Å²) in [5.41, 5.74) is 1.73. The van der Waals surface area contributed by atoms with E-state index in [1.165, 1.54) is 0 Å². The lowest BCUT2D eigenvalue weighted by Gasteiger charge is -2.35. The normalized spacial score (nSPS) is 14.2. The van der Waals surface area contributed by atoms with Crippen LogP contribution in [0.3, 0.4) is 0 Å². The van der Waals surface area contributed by atoms with Gasteiger partial charge in [0.2, 0.25) is 0 Å². The number of rotatable bonds is 7. The van der Waals surface area contributed by atoms with E-state index in [2.05, 4.69) is 39.0 Å². The predicted octanol–water partition coefficient (Wildman–Crippen LogP) is 3.00. The third-order valence-electron chi connectivity index (χ3n) is 5.42. The summed E-state index contributed by atoms with van der Waals surface area (Å²) in [6.45, 7) is 10.0. The lowest BCUT2D eigenvalue weighted by atomic mass is 10.2. The molecule has 2 aromatic heterocycles. The number of pyridine rings is 1. The van der Waals surface area contributed by atoms with Crippen molar-refractivity contribution in [3.05, 3.63) is 34.7 Å². The Morgan fingerprint density at radius 2 is 1.91 bits per heavy atom. The second-order valence-electron chi connectivity index (χ2n) is 8.43. The molecule has 3 N–H and O–H groups in total. The topological polar surface area (TPSA) is 106 Å². The van der Waals surface area contributed by atoms with Crippen molar-refractivity contribution in [2.45, 2.75) is 20.3 Å². The average Bonchev–Trinajstić information content (AvgIpc) is 3.10. The number of aromatic amines is 2. The minimum Gasteiger partial charge on any atom is -0.494 e. The fourth-order valence-electron chi connectivity index (χ4n) is 3.92. The van der Waals surface area contributed by atoms with E-state index in [9.17, 15) is 9.59 Å². The van der Waals surface area contributed by atoms with Crippen molar-refractivity contribution in [2.75, 3.05) is 45.9 Å². The molecule has 3 heterocycles. The number of fused-ring (bicyclic) bond motifs is 2. The Balaban J connectivity index is 0.00000193. The molecular weight excluding hydrogens is 467 g/mol. The van der Waals surface area contributed by atoms with Crippen molar-refractivity contribution in [1.29, 1.82) is 0 Å². The molecule has 182 valence electrons. The summed E-state index contributed by atoms with van der Waals surface area (Å²) in [5, 5.41) is 3.88. The summed E-state index contributed by atoms with van der Waals surface area (Å²) >= 11 is 0. The van der Waals surface area contributed by atoms with E-state index in [4.69, 9.17) is 4.74 Å². The highest BCUT2D eigenvalue weighted by Crippen LogP contribution is 2.22. The minimum atomic E-state index is -0.270. The Bertz CT molecular complexity index is 1110. The highest BCUT2D eigenvalue weighted by molar-refractivity contribution is 5.90. The largest absolute Gasteiger partial charge is 0.494 e. The number of nitrogens with one attached hydrogen (secondary N) is 3. The molecule has 0 spiro atoms. The minimum absolute atomic E-state index is 0. The molecule has 0 radical (unpaired) electrons. The first kappa shape index (κ1) is 26.8. The highest BCUT2D eigenvalue weighted by atomic mass is 35.5. The number of aromatic nitrogens is 3. The zero-order valence-electron chi connectivity index (χ0n) is 18.9. The molecule has 0 atom stereocenters. The molecule has 2 amide bonds. The van der Waals surface area contributed by atoms with Crippen molar-refractivity contribution in [2.24, 2.45) is 5.92 Å². The summed E-state index contributed by atoms with van der Waals surface area (Å²) in [5.74, 6) is 1.39. The molecule has 1 fully saturated rings. The second-order valence-corrected chi connectivity index (χ2v) is 8.43. The lowest BCUT2D eigenvalue weighted by Crippen LogP contribution is -2.52. The molecule has 0 saturated carbocycles. The van der Waals surface area contributed by atoms with E-state index >= 15 is 0 Å². The Labute approximate surface area is 205 Å². The maximum absolute atomic E-state index is 12.3. The zero-order chi connectivity index (χ0) is 21.8. The van der Waals surface area contributed by atoms with Gasteiger partial charge in [-0.1, -0.05) is 13.8 Å². The third-order valence-corrected chi connectivity index (χ3v) is 5.42. The van der Waals surface area contributed by atoms with Crippen LogP contribution in [0.2, 0.25) is 0 Å². The number of urea groups is 1. The van der Waals surface area contributed by atoms with Gasteiger partial charge in [-0.25, -0.2) is 14.6 Å². The number of ether oxygens (including phenoxy) is 1. The molecule has 0 unspecified atom stereocenters. The molecule has 0 aliphatic carbocycles. The Hall–Kier alpha value is -2.49. The van der Waals surface area contributed by atoms with Crippen LogP contribution < -0.4 is 15.7 Å². The molecule has 0 bridgehead atoms. The molecule has 33 heavy (non-hydrogen) atoms. The van der Waals surface area contributed by atoms with Gasteiger partial charge < -0.3 is 19.9 Å². The average molecular weight is 499 g/mol. The van der Waals surface area contributed by atoms with Gasteiger partial charge in [-0.3, -0.25) is 9.88 Å². The summed E-state index contributed by atoms with van der Waals surface area (Å²) < 4.78 is 5.83. The van der Waals surface area contributed by atoms with Crippen molar-refractivity contribution in [3.8, 4) is 5.75 Å². The molecule has 4 rings (SSSR count). The molecule has 1 aromatic carbocycles. The highest BCUT2D eigenvalue weighted by Gasteiger charge is 2.20. The van der Waals surface area contributed by atoms with Crippen molar-refractivity contribution in [3.63, 3.8) is 0 Å². The lowest BCUT2D eigenvalue weighted by molar-refractivity contribution is 0.131. The van der Waals surface area contributed by atoms with Gasteiger partial charge in [0.1, 0.15) is 5.75 Å². The number of amides is 2. The van der Waals surface area contributed by atoms with E-state index in [-0.39, 0.29) is 36.5 Å². The van der Waals surface area contributed by atoms with Crippen LogP contribution in [-0.4, -0.2) is 76.7 Å². The van der Waals surface area contributed by atoms with Gasteiger partial charge in [-0.2, -0.15) is 0 Å². The van der Waals surface area contributed by atoms with Gasteiger partial charge in [0.05, 0.1) is 17.6 Å². The fourth-order valence-corrected chi connectivity index (χ4v) is 3.92. The summed E-state index contributed by atoms with van der Waals surface area (Å²) in [7, 11) is 0. The Morgan fingerprint density at radius 3 is 2.64 bits per heavy atom. The number of benzene rings is 1. The Morgan fingerprint density at radius 1 is 1.15 bits per heavy atom. The molecule has 9 nitrogen and oxygen atoms in total. The van der Waals surface area contributed by atoms with Crippen LogP contribution in [-0.2, 0) is 0 Å². The zero-order valence-corrected chi connectivity index (χ0v) is 20.6. The summed E-state index contributed by atoms with van der Waals surface area (Å²) in [4.78, 5) is 37.9. The maximum atomic E-state index is 12.3. The number of halogens is 2. The number of H-pyrrole nitrogens is 2. The van der Waals surface area contributed by atoms with Gasteiger partial charge in [-0.15, -0.1) is 24.8 Å². The SMILES string of the molecule is CC(C)CN1CCN(C(=O)NCCCOc2ccc3nc4[nH]c(=O)[nH]c4cc3c2)CC1.Cl.Cl. The van der Waals surface area contributed by atoms with E-state index in [1.807, 2.05) is 29.2 Å². The van der Waals surface area contributed by atoms with E-state index in [0.717, 1.165) is 55.8 Å². The van der Waals surface area contributed by atoms with E-state index < -0.39 is 0 Å². The molecule has 1 saturated heterocycles. The van der Waals surface area contributed by atoms with Crippen LogP contribution >= 0.6 is 24.8 Å². The van der Waals surface area contributed by atoms with Crippen LogP contribution in [0.4, 0.5) is 4.79 Å². The van der Waals surface area contributed by atoms with Crippen LogP contribution in [0, 0.1) is 5.92 Å². The number of nitrogens with zero attached hydrogens (tertiary/aromatic N) is 3. The first-order valence-electron chi connectivity index (χ1n) is 10.9. The second kappa shape index (κ2) is 12.1. The van der Waals surface area contributed by atoms with Gasteiger partial charge in [0, 0.05) is 44.7 Å². The van der Waals surface area contributed by atoms with Crippen molar-refractivity contribution < 1.29 is 9.53 Å². The number of carbonyl (C=O) groups excluding carboxylic acids is 1. The van der Waals surface area contributed by atoms with Crippen LogP contribution in [0.15, 0.2) is 29.1 Å². The molecule has 1 aliphatic rings. The summed E-state index contributed by atoms with van der Waals surface area (Å²) in [6, 6.07) is 7.52. The van der Waals surface area contributed by atoms with Crippen LogP contribution in [0.1, 0.15) is 20.3 Å². The number of hydrogen-bond donors (Lipinski definition) is 3. The fraction of sp³-hybridized carbons (Fsp3) is 0.500. The van der Waals surface area contributed by atoms with Crippen molar-refractivity contribution in [1.82, 2.24) is 30.1 Å². The van der Waals surface area contributed by atoms with Gasteiger partial charge in [-0.05, 0) is 36.6 Å². The maximum Gasteiger partial charge on any atom is 0.325 e. The van der Waals surface area contributed by atoms with E-state index in [0.29, 0.717) is 30.2 Å². The molecule has 1 aliphatic heterocycles. The van der Waals surface area contributed by atoms with Crippen molar-refractivity contribution >= 4 is 52.9 Å². The number of piperazine rings is 1. The predicted molar refractivity (Wildman–Crippen MR) is 135 cm³/mol. The van der Waals surface area contributed by atoms with Gasteiger partial charge >= 0.3 is 11.7 Å². The Kier molecular flexibility index (Phi) is 9.82. The third kappa shape index (κ3) is 6.99. The van der Waals surface area contributed by atoms with E-state index in [1.54, 1.807) is 0 Å². The molecular formula is C22H32Cl2N6O3. The summed E-state index contributed by atoms with van der Waals surface area (Å²) in [6.07, 6.45) is 0.722. The van der Waals surface area contributed by atoms with Gasteiger partial charge in [0.15, 0.2) is 5.65 Å². The first-order valence-corrected chi connectivity index (χ1v) is 10.9. The quantitative estimate of drug-likeness (QED) is 0.434. The smallest absolute Gasteiger partial charge is 0.325 e. The molecule has 11 heteroatoms. The number of imidazole rings is 1. The van der Waals surface area contributed by atoms with Gasteiger partial charge in [0.25, 0.3) is 0 Å². The first-order chi connectivity index (χ1) is 15.0. The number of hydrogen-bond acceptors (Lipinski definition) is 5. The monoisotopic (exact) mass is 498 g/mol.